The van der Waals surface area contributed by atoms with Gasteiger partial charge < -0.3 is 24.9 Å². The molecule has 2 aromatic rings. The summed E-state index contributed by atoms with van der Waals surface area (Å²) in [5.41, 5.74) is 1.52. The normalized spacial score (nSPS) is 15.0. The number of carboxylic acids is 1. The number of hydrogen-bond acceptors (Lipinski definition) is 7. The van der Waals surface area contributed by atoms with E-state index in [4.69, 9.17) is 19.1 Å². The lowest BCUT2D eigenvalue weighted by atomic mass is 10.1. The van der Waals surface area contributed by atoms with Gasteiger partial charge >= 0.3 is 18.1 Å². The maximum atomic E-state index is 11.7. The number of carboxylic acid groups (broad SMARTS) is 1. The number of piperidine rings is 1. The molecule has 8 nitrogen and oxygen atoms in total. The lowest BCUT2D eigenvalue weighted by Gasteiger charge is -2.22. The quantitative estimate of drug-likeness (QED) is 0.686. The van der Waals surface area contributed by atoms with Gasteiger partial charge in [0.15, 0.2) is 5.58 Å². The van der Waals surface area contributed by atoms with E-state index in [0.717, 1.165) is 25.9 Å². The van der Waals surface area contributed by atoms with Gasteiger partial charge in [0.2, 0.25) is 0 Å². The summed E-state index contributed by atoms with van der Waals surface area (Å²) in [5.74, 6) is -3.17. The zero-order chi connectivity index (χ0) is 20.0. The van der Waals surface area contributed by atoms with E-state index in [2.05, 4.69) is 15.6 Å². The second-order valence-corrected chi connectivity index (χ2v) is 5.64. The zero-order valence-corrected chi connectivity index (χ0v) is 14.3. The average Bonchev–Trinajstić information content (AvgIpc) is 3.04. The standard InChI is InChI=1S/C14H17N3O3.C2HF3O2/c1-19-13(18)10-3-2-4-11-12(10)20-14(17-11)16-9-5-7-15-8-6-9;3-2(4,5)1(6)7/h2-4,9,15H,5-8H2,1H3,(H,16,17);(H,6,7). The van der Waals surface area contributed by atoms with Gasteiger partial charge in [0, 0.05) is 6.04 Å². The van der Waals surface area contributed by atoms with Crippen LogP contribution < -0.4 is 10.6 Å². The number of esters is 1. The number of hydrogen-bond donors (Lipinski definition) is 3. The highest BCUT2D eigenvalue weighted by Gasteiger charge is 2.38. The number of carbonyl (C=O) groups excluding carboxylic acids is 1. The van der Waals surface area contributed by atoms with E-state index in [1.54, 1.807) is 12.1 Å². The molecule has 11 heteroatoms. The van der Waals surface area contributed by atoms with Gasteiger partial charge in [-0.3, -0.25) is 0 Å². The van der Waals surface area contributed by atoms with Crippen molar-refractivity contribution in [2.24, 2.45) is 0 Å². The largest absolute Gasteiger partial charge is 0.490 e. The first kappa shape index (κ1) is 20.5. The number of benzene rings is 1. The van der Waals surface area contributed by atoms with Gasteiger partial charge in [-0.25, -0.2) is 9.59 Å². The third kappa shape index (κ3) is 5.58. The Bertz CT molecular complexity index is 800. The number of alkyl halides is 3. The van der Waals surface area contributed by atoms with Crippen LogP contribution in [0.5, 0.6) is 0 Å². The predicted octanol–water partition coefficient (Wildman–Crippen LogP) is 2.41. The summed E-state index contributed by atoms with van der Waals surface area (Å²) in [6.45, 7) is 1.98. The molecule has 2 heterocycles. The molecule has 0 radical (unpaired) electrons. The van der Waals surface area contributed by atoms with E-state index < -0.39 is 18.1 Å². The van der Waals surface area contributed by atoms with Crippen LogP contribution in [0.3, 0.4) is 0 Å². The summed E-state index contributed by atoms with van der Waals surface area (Å²) >= 11 is 0. The number of anilines is 1. The van der Waals surface area contributed by atoms with E-state index >= 15 is 0 Å². The number of carbonyl (C=O) groups is 2. The van der Waals surface area contributed by atoms with Crippen LogP contribution in [0.1, 0.15) is 23.2 Å². The summed E-state index contributed by atoms with van der Waals surface area (Å²) in [6.07, 6.45) is -3.02. The van der Waals surface area contributed by atoms with Crippen LogP contribution in [0.25, 0.3) is 11.1 Å². The SMILES string of the molecule is COC(=O)c1cccc2nc(NC3CCNCC3)oc12.O=C(O)C(F)(F)F. The average molecular weight is 389 g/mol. The number of aromatic nitrogens is 1. The Morgan fingerprint density at radius 3 is 2.52 bits per heavy atom. The molecule has 1 saturated heterocycles. The fourth-order valence-electron chi connectivity index (χ4n) is 2.42. The molecule has 0 bridgehead atoms. The predicted molar refractivity (Wildman–Crippen MR) is 88.6 cm³/mol. The molecule has 0 saturated carbocycles. The van der Waals surface area contributed by atoms with E-state index in [1.165, 1.54) is 7.11 Å². The monoisotopic (exact) mass is 389 g/mol. The van der Waals surface area contributed by atoms with Crippen LogP contribution in [0.4, 0.5) is 19.2 Å². The van der Waals surface area contributed by atoms with Crippen LogP contribution in [-0.4, -0.2) is 54.4 Å². The number of nitrogens with one attached hydrogen (secondary N) is 2. The first-order chi connectivity index (χ1) is 12.7. The number of ether oxygens (including phenoxy) is 1. The molecule has 0 amide bonds. The van der Waals surface area contributed by atoms with Gasteiger partial charge in [-0.1, -0.05) is 6.07 Å². The van der Waals surface area contributed by atoms with Crippen molar-refractivity contribution in [3.05, 3.63) is 23.8 Å². The number of aliphatic carboxylic acids is 1. The molecule has 1 fully saturated rings. The Kier molecular flexibility index (Phi) is 6.61. The van der Waals surface area contributed by atoms with Crippen molar-refractivity contribution >= 4 is 29.1 Å². The molecule has 1 aromatic heterocycles. The topological polar surface area (TPSA) is 114 Å². The molecule has 3 rings (SSSR count). The lowest BCUT2D eigenvalue weighted by molar-refractivity contribution is -0.192. The van der Waals surface area contributed by atoms with E-state index in [-0.39, 0.29) is 0 Å². The molecule has 27 heavy (non-hydrogen) atoms. The van der Waals surface area contributed by atoms with Crippen LogP contribution in [-0.2, 0) is 9.53 Å². The van der Waals surface area contributed by atoms with Crippen LogP contribution >= 0.6 is 0 Å². The third-order valence-electron chi connectivity index (χ3n) is 3.73. The van der Waals surface area contributed by atoms with Crippen LogP contribution in [0.15, 0.2) is 22.6 Å². The van der Waals surface area contributed by atoms with Gasteiger partial charge in [0.1, 0.15) is 11.1 Å². The van der Waals surface area contributed by atoms with E-state index in [1.807, 2.05) is 6.07 Å². The molecule has 0 aliphatic carbocycles. The van der Waals surface area contributed by atoms with Crippen molar-refractivity contribution in [3.63, 3.8) is 0 Å². The van der Waals surface area contributed by atoms with Crippen molar-refractivity contribution in [2.75, 3.05) is 25.5 Å². The van der Waals surface area contributed by atoms with Gasteiger partial charge in [-0.05, 0) is 38.1 Å². The summed E-state index contributed by atoms with van der Waals surface area (Å²) in [6, 6.07) is 6.08. The smallest absolute Gasteiger partial charge is 0.475 e. The van der Waals surface area contributed by atoms with Crippen molar-refractivity contribution in [1.29, 1.82) is 0 Å². The molecular weight excluding hydrogens is 371 g/mol. The molecule has 3 N–H and O–H groups in total. The second kappa shape index (κ2) is 8.71. The van der Waals surface area contributed by atoms with Gasteiger partial charge in [0.25, 0.3) is 6.01 Å². The first-order valence-electron chi connectivity index (χ1n) is 7.97. The second-order valence-electron chi connectivity index (χ2n) is 5.64. The highest BCUT2D eigenvalue weighted by molar-refractivity contribution is 6.01. The molecule has 1 aliphatic rings. The summed E-state index contributed by atoms with van der Waals surface area (Å²) in [5, 5.41) is 13.7. The zero-order valence-electron chi connectivity index (χ0n) is 14.3. The maximum absolute atomic E-state index is 11.7. The van der Waals surface area contributed by atoms with Gasteiger partial charge in [0.05, 0.1) is 7.11 Å². The van der Waals surface area contributed by atoms with Crippen molar-refractivity contribution in [1.82, 2.24) is 10.3 Å². The molecule has 0 unspecified atom stereocenters. The van der Waals surface area contributed by atoms with Crippen LogP contribution in [0.2, 0.25) is 0 Å². The number of oxazole rings is 1. The Hall–Kier alpha value is -2.82. The molecule has 1 aromatic carbocycles. The number of methoxy groups -OCH3 is 1. The Balaban J connectivity index is 0.000000321. The minimum atomic E-state index is -5.08. The van der Waals surface area contributed by atoms with Crippen molar-refractivity contribution in [2.45, 2.75) is 25.1 Å². The van der Waals surface area contributed by atoms with Gasteiger partial charge in [-0.15, -0.1) is 0 Å². The molecule has 0 spiro atoms. The third-order valence-corrected chi connectivity index (χ3v) is 3.73. The maximum Gasteiger partial charge on any atom is 0.490 e. The highest BCUT2D eigenvalue weighted by Crippen LogP contribution is 2.24. The van der Waals surface area contributed by atoms with Crippen molar-refractivity contribution < 1.29 is 37.0 Å². The van der Waals surface area contributed by atoms with Crippen LogP contribution in [0, 0.1) is 0 Å². The number of para-hydroxylation sites is 1. The highest BCUT2D eigenvalue weighted by atomic mass is 19.4. The van der Waals surface area contributed by atoms with Crippen molar-refractivity contribution in [3.8, 4) is 0 Å². The molecule has 148 valence electrons. The summed E-state index contributed by atoms with van der Waals surface area (Å²) in [7, 11) is 1.35. The minimum Gasteiger partial charge on any atom is -0.475 e. The molecule has 1 aliphatic heterocycles. The number of rotatable bonds is 3. The summed E-state index contributed by atoms with van der Waals surface area (Å²) < 4.78 is 42.2. The number of nitrogens with zero attached hydrogens (tertiary/aromatic N) is 1. The Labute approximate surface area is 151 Å². The fraction of sp³-hybridized carbons (Fsp3) is 0.438. The van der Waals surface area contributed by atoms with E-state index in [0.29, 0.717) is 28.7 Å². The lowest BCUT2D eigenvalue weighted by Crippen LogP contribution is -2.35. The Morgan fingerprint density at radius 1 is 1.33 bits per heavy atom. The molecular formula is C16H18F3N3O5. The number of halogens is 3. The first-order valence-corrected chi connectivity index (χ1v) is 7.97. The minimum absolute atomic E-state index is 0.353. The molecule has 0 atom stereocenters. The number of fused-ring (bicyclic) bond motifs is 1. The van der Waals surface area contributed by atoms with Gasteiger partial charge in [-0.2, -0.15) is 18.2 Å². The van der Waals surface area contributed by atoms with E-state index in [9.17, 15) is 18.0 Å². The fourth-order valence-corrected chi connectivity index (χ4v) is 2.42. The summed E-state index contributed by atoms with van der Waals surface area (Å²) in [4.78, 5) is 25.0. The Morgan fingerprint density at radius 2 is 1.96 bits per heavy atom.